The van der Waals surface area contributed by atoms with Crippen molar-refractivity contribution in [1.82, 2.24) is 9.29 Å². The molecule has 0 saturated carbocycles. The van der Waals surface area contributed by atoms with E-state index in [1.54, 1.807) is 15.4 Å². The van der Waals surface area contributed by atoms with Crippen LogP contribution in [0.5, 0.6) is 0 Å². The summed E-state index contributed by atoms with van der Waals surface area (Å²) >= 11 is 0. The Morgan fingerprint density at radius 1 is 1.31 bits per heavy atom. The Balaban J connectivity index is 1.68. The number of amides is 1. The van der Waals surface area contributed by atoms with Crippen LogP contribution < -0.4 is 4.90 Å². The monoisotopic (exact) mass is 381 g/mol. The molecule has 8 heteroatoms. The van der Waals surface area contributed by atoms with Gasteiger partial charge in [-0.05, 0) is 48.8 Å². The van der Waals surface area contributed by atoms with Gasteiger partial charge in [-0.15, -0.1) is 0 Å². The quantitative estimate of drug-likeness (QED) is 0.782. The molecule has 1 aromatic rings. The van der Waals surface area contributed by atoms with Crippen LogP contribution in [0.25, 0.3) is 0 Å². The number of carbonyl (C=O) groups excluding carboxylic acids is 1. The molecule has 26 heavy (non-hydrogen) atoms. The lowest BCUT2D eigenvalue weighted by atomic mass is 9.91. The first-order valence-corrected chi connectivity index (χ1v) is 11.0. The van der Waals surface area contributed by atoms with Crippen molar-refractivity contribution in [3.8, 4) is 0 Å². The zero-order valence-corrected chi connectivity index (χ0v) is 16.4. The number of hydrogen-bond donors (Lipinski definition) is 0. The number of pyridine rings is 1. The maximum Gasteiger partial charge on any atom is 0.415 e. The van der Waals surface area contributed by atoms with Crippen LogP contribution in [0.4, 0.5) is 10.6 Å². The fraction of sp³-hybridized carbons (Fsp3) is 0.667. The summed E-state index contributed by atoms with van der Waals surface area (Å²) in [5.41, 5.74) is 1.12. The van der Waals surface area contributed by atoms with E-state index in [4.69, 9.17) is 4.74 Å². The van der Waals surface area contributed by atoms with E-state index in [9.17, 15) is 13.2 Å². The molecule has 2 fully saturated rings. The molecular formula is C18H27N3O4S. The molecule has 3 rings (SSSR count). The SMILES string of the molecule is CC(C)[C@H]1COC(=O)N1c1cc(CC2CCN(S(C)(=O)=O)CC2)ccn1. The number of piperidine rings is 1. The Morgan fingerprint density at radius 2 is 2.00 bits per heavy atom. The zero-order valence-electron chi connectivity index (χ0n) is 15.6. The maximum absolute atomic E-state index is 12.1. The van der Waals surface area contributed by atoms with E-state index in [1.807, 2.05) is 12.1 Å². The first kappa shape index (κ1) is 19.1. The minimum absolute atomic E-state index is 0.00301. The smallest absolute Gasteiger partial charge is 0.415 e. The Hall–Kier alpha value is -1.67. The second-order valence-electron chi connectivity index (χ2n) is 7.59. The van der Waals surface area contributed by atoms with E-state index in [0.29, 0.717) is 31.4 Å². The average molecular weight is 381 g/mol. The molecule has 0 radical (unpaired) electrons. The molecule has 2 aliphatic heterocycles. The van der Waals surface area contributed by atoms with Crippen molar-refractivity contribution < 1.29 is 17.9 Å². The number of anilines is 1. The molecule has 0 aromatic carbocycles. The first-order chi connectivity index (χ1) is 12.3. The van der Waals surface area contributed by atoms with Crippen molar-refractivity contribution in [2.24, 2.45) is 11.8 Å². The standard InChI is InChI=1S/C18H27N3O4S/c1-13(2)16-12-25-18(22)21(16)17-11-15(4-7-19-17)10-14-5-8-20(9-6-14)26(3,23)24/h4,7,11,13-14,16H,5-6,8-10,12H2,1-3H3/t16-/m1/s1. The fourth-order valence-electron chi connectivity index (χ4n) is 3.69. The van der Waals surface area contributed by atoms with E-state index >= 15 is 0 Å². The molecular weight excluding hydrogens is 354 g/mol. The van der Waals surface area contributed by atoms with E-state index < -0.39 is 10.0 Å². The summed E-state index contributed by atoms with van der Waals surface area (Å²) in [6.45, 7) is 5.69. The van der Waals surface area contributed by atoms with Gasteiger partial charge in [0.25, 0.3) is 0 Å². The van der Waals surface area contributed by atoms with Crippen LogP contribution in [0.3, 0.4) is 0 Å². The highest BCUT2D eigenvalue weighted by atomic mass is 32.2. The molecule has 0 spiro atoms. The van der Waals surface area contributed by atoms with E-state index in [-0.39, 0.29) is 18.1 Å². The normalized spacial score (nSPS) is 22.8. The number of aromatic nitrogens is 1. The maximum atomic E-state index is 12.1. The Kier molecular flexibility index (Phi) is 5.53. The first-order valence-electron chi connectivity index (χ1n) is 9.11. The molecule has 0 aliphatic carbocycles. The van der Waals surface area contributed by atoms with Gasteiger partial charge in [0.05, 0.1) is 12.3 Å². The number of sulfonamides is 1. The Bertz CT molecular complexity index is 757. The van der Waals surface area contributed by atoms with E-state index in [0.717, 1.165) is 24.8 Å². The average Bonchev–Trinajstić information content (AvgIpc) is 2.97. The van der Waals surface area contributed by atoms with Crippen molar-refractivity contribution in [1.29, 1.82) is 0 Å². The highest BCUT2D eigenvalue weighted by Crippen LogP contribution is 2.28. The van der Waals surface area contributed by atoms with Gasteiger partial charge in [-0.1, -0.05) is 13.8 Å². The summed E-state index contributed by atoms with van der Waals surface area (Å²) in [7, 11) is -3.10. The summed E-state index contributed by atoms with van der Waals surface area (Å²) in [5.74, 6) is 1.36. The highest BCUT2D eigenvalue weighted by Gasteiger charge is 2.37. The molecule has 1 amide bonds. The topological polar surface area (TPSA) is 79.8 Å². The summed E-state index contributed by atoms with van der Waals surface area (Å²) in [5, 5.41) is 0. The van der Waals surface area contributed by atoms with Crippen LogP contribution in [-0.2, 0) is 21.2 Å². The van der Waals surface area contributed by atoms with Crippen LogP contribution in [0.15, 0.2) is 18.3 Å². The molecule has 0 bridgehead atoms. The zero-order chi connectivity index (χ0) is 18.9. The third-order valence-electron chi connectivity index (χ3n) is 5.30. The van der Waals surface area contributed by atoms with Crippen LogP contribution in [0.2, 0.25) is 0 Å². The number of carbonyl (C=O) groups is 1. The number of cyclic esters (lactones) is 1. The van der Waals surface area contributed by atoms with Gasteiger partial charge < -0.3 is 4.74 Å². The van der Waals surface area contributed by atoms with Crippen molar-refractivity contribution in [2.75, 3.05) is 30.9 Å². The number of ether oxygens (including phenoxy) is 1. The van der Waals surface area contributed by atoms with Crippen LogP contribution in [0.1, 0.15) is 32.3 Å². The largest absolute Gasteiger partial charge is 0.447 e. The third-order valence-corrected chi connectivity index (χ3v) is 6.60. The van der Waals surface area contributed by atoms with Gasteiger partial charge in [0, 0.05) is 19.3 Å². The molecule has 1 aromatic heterocycles. The van der Waals surface area contributed by atoms with E-state index in [1.165, 1.54) is 6.26 Å². The van der Waals surface area contributed by atoms with Gasteiger partial charge in [0.2, 0.25) is 10.0 Å². The highest BCUT2D eigenvalue weighted by molar-refractivity contribution is 7.88. The van der Waals surface area contributed by atoms with Gasteiger partial charge in [-0.2, -0.15) is 0 Å². The Labute approximate surface area is 155 Å². The summed E-state index contributed by atoms with van der Waals surface area (Å²) < 4.78 is 30.0. The number of rotatable bonds is 5. The van der Waals surface area contributed by atoms with Crippen LogP contribution in [0, 0.1) is 11.8 Å². The van der Waals surface area contributed by atoms with Gasteiger partial charge in [-0.25, -0.2) is 22.5 Å². The van der Waals surface area contributed by atoms with Crippen molar-refractivity contribution in [2.45, 2.75) is 39.2 Å². The lowest BCUT2D eigenvalue weighted by molar-refractivity contribution is 0.177. The number of hydrogen-bond acceptors (Lipinski definition) is 5. The fourth-order valence-corrected chi connectivity index (χ4v) is 4.56. The summed E-state index contributed by atoms with van der Waals surface area (Å²) in [6, 6.07) is 3.94. The van der Waals surface area contributed by atoms with Crippen LogP contribution in [-0.4, -0.2) is 55.8 Å². The van der Waals surface area contributed by atoms with Crippen molar-refractivity contribution in [3.05, 3.63) is 23.9 Å². The molecule has 0 unspecified atom stereocenters. The molecule has 144 valence electrons. The van der Waals surface area contributed by atoms with Gasteiger partial charge >= 0.3 is 6.09 Å². The lowest BCUT2D eigenvalue weighted by Gasteiger charge is -2.30. The molecule has 2 aliphatic rings. The van der Waals surface area contributed by atoms with Crippen LogP contribution >= 0.6 is 0 Å². The van der Waals surface area contributed by atoms with Gasteiger partial charge in [0.1, 0.15) is 12.4 Å². The molecule has 2 saturated heterocycles. The van der Waals surface area contributed by atoms with Crippen molar-refractivity contribution >= 4 is 21.9 Å². The predicted molar refractivity (Wildman–Crippen MR) is 99.5 cm³/mol. The second-order valence-corrected chi connectivity index (χ2v) is 9.57. The Morgan fingerprint density at radius 3 is 2.62 bits per heavy atom. The van der Waals surface area contributed by atoms with E-state index in [2.05, 4.69) is 18.8 Å². The van der Waals surface area contributed by atoms with Crippen molar-refractivity contribution in [3.63, 3.8) is 0 Å². The lowest BCUT2D eigenvalue weighted by Crippen LogP contribution is -2.38. The summed E-state index contributed by atoms with van der Waals surface area (Å²) in [4.78, 5) is 18.2. The summed E-state index contributed by atoms with van der Waals surface area (Å²) in [6.07, 6.45) is 5.23. The molecule has 0 N–H and O–H groups in total. The molecule has 1 atom stereocenters. The molecule has 7 nitrogen and oxygen atoms in total. The predicted octanol–water partition coefficient (Wildman–Crippen LogP) is 2.28. The number of nitrogens with zero attached hydrogens (tertiary/aromatic N) is 3. The third kappa shape index (κ3) is 4.17. The minimum Gasteiger partial charge on any atom is -0.447 e. The van der Waals surface area contributed by atoms with Gasteiger partial charge in [-0.3, -0.25) is 4.90 Å². The second kappa shape index (κ2) is 7.52. The van der Waals surface area contributed by atoms with Gasteiger partial charge in [0.15, 0.2) is 0 Å². The molecule has 3 heterocycles. The minimum atomic E-state index is -3.10.